The van der Waals surface area contributed by atoms with Crippen LogP contribution in [0.1, 0.15) is 25.0 Å². The average molecular weight is 693 g/mol. The van der Waals surface area contributed by atoms with E-state index in [-0.39, 0.29) is 5.41 Å². The minimum absolute atomic E-state index is 0.111. The van der Waals surface area contributed by atoms with Crippen molar-refractivity contribution in [3.8, 4) is 33.4 Å². The smallest absolute Gasteiger partial charge is 0.135 e. The summed E-state index contributed by atoms with van der Waals surface area (Å²) in [6, 6.07) is 63.6. The first kappa shape index (κ1) is 30.8. The van der Waals surface area contributed by atoms with Gasteiger partial charge in [-0.05, 0) is 99.6 Å². The molecular weight excluding hydrogens is 657 g/mol. The number of aromatic nitrogens is 1. The van der Waals surface area contributed by atoms with Gasteiger partial charge in [-0.1, -0.05) is 129 Å². The molecule has 1 aliphatic rings. The number of nitrogens with zero attached hydrogens (tertiary/aromatic N) is 1. The van der Waals surface area contributed by atoms with Crippen molar-refractivity contribution in [2.75, 3.05) is 4.90 Å². The summed E-state index contributed by atoms with van der Waals surface area (Å²) >= 11 is 0. The minimum atomic E-state index is -0.111. The Labute approximate surface area is 313 Å². The van der Waals surface area contributed by atoms with Gasteiger partial charge in [0.1, 0.15) is 11.2 Å². The van der Waals surface area contributed by atoms with Crippen molar-refractivity contribution in [2.24, 2.45) is 0 Å². The summed E-state index contributed by atoms with van der Waals surface area (Å²) in [6.07, 6.45) is 0. The van der Waals surface area contributed by atoms with Crippen LogP contribution in [0.5, 0.6) is 0 Å². The van der Waals surface area contributed by atoms with Gasteiger partial charge in [0.2, 0.25) is 0 Å². The van der Waals surface area contributed by atoms with Crippen molar-refractivity contribution >= 4 is 60.8 Å². The van der Waals surface area contributed by atoms with Crippen LogP contribution < -0.4 is 4.90 Å². The van der Waals surface area contributed by atoms with Crippen LogP contribution in [0.2, 0.25) is 0 Å². The molecule has 0 fully saturated rings. The number of anilines is 3. The molecule has 0 saturated heterocycles. The van der Waals surface area contributed by atoms with Gasteiger partial charge in [-0.25, -0.2) is 0 Å². The Balaban J connectivity index is 1.08. The normalized spacial score (nSPS) is 13.1. The maximum atomic E-state index is 6.49. The monoisotopic (exact) mass is 692 g/mol. The molecule has 256 valence electrons. The van der Waals surface area contributed by atoms with Gasteiger partial charge in [0.05, 0.1) is 5.52 Å². The van der Waals surface area contributed by atoms with Gasteiger partial charge < -0.3 is 14.3 Å². The van der Waals surface area contributed by atoms with Crippen LogP contribution in [0.4, 0.5) is 17.1 Å². The van der Waals surface area contributed by atoms with E-state index in [0.717, 1.165) is 55.6 Å². The van der Waals surface area contributed by atoms with Crippen molar-refractivity contribution in [3.63, 3.8) is 0 Å². The van der Waals surface area contributed by atoms with E-state index < -0.39 is 0 Å². The number of para-hydroxylation sites is 2. The number of rotatable bonds is 5. The van der Waals surface area contributed by atoms with E-state index in [2.05, 4.69) is 200 Å². The third-order valence-electron chi connectivity index (χ3n) is 11.6. The van der Waals surface area contributed by atoms with Crippen molar-refractivity contribution in [2.45, 2.75) is 19.3 Å². The van der Waals surface area contributed by atoms with Crippen LogP contribution in [-0.4, -0.2) is 4.98 Å². The molecule has 54 heavy (non-hydrogen) atoms. The van der Waals surface area contributed by atoms with Gasteiger partial charge in [-0.3, -0.25) is 0 Å². The minimum Gasteiger partial charge on any atom is -0.456 e. The van der Waals surface area contributed by atoms with Crippen LogP contribution in [0, 0.1) is 0 Å². The molecule has 10 aromatic rings. The predicted octanol–water partition coefficient (Wildman–Crippen LogP) is 14.3. The molecular formula is C51H36N2O. The first-order valence-corrected chi connectivity index (χ1v) is 18.7. The highest BCUT2D eigenvalue weighted by Crippen LogP contribution is 2.51. The molecule has 0 bridgehead atoms. The maximum absolute atomic E-state index is 6.49. The highest BCUT2D eigenvalue weighted by atomic mass is 16.3. The van der Waals surface area contributed by atoms with Gasteiger partial charge in [-0.2, -0.15) is 0 Å². The largest absolute Gasteiger partial charge is 0.456 e. The molecule has 3 heteroatoms. The zero-order valence-electron chi connectivity index (χ0n) is 30.1. The molecule has 2 aromatic heterocycles. The van der Waals surface area contributed by atoms with E-state index in [1.54, 1.807) is 0 Å². The second-order valence-corrected chi connectivity index (χ2v) is 15.0. The van der Waals surface area contributed by atoms with Crippen molar-refractivity contribution in [1.82, 2.24) is 4.98 Å². The number of H-pyrrole nitrogens is 1. The Kier molecular flexibility index (Phi) is 6.60. The third-order valence-corrected chi connectivity index (χ3v) is 11.6. The first-order chi connectivity index (χ1) is 26.5. The molecule has 1 N–H and O–H groups in total. The lowest BCUT2D eigenvalue weighted by molar-refractivity contribution is 0.660. The standard InChI is InChI=1S/C51H36N2O/c1-51(2)45-17-8-6-13-39(45)40-26-24-37(31-46(40)51)53(35-22-19-33(20-23-35)32-11-4-3-5-12-32)36-25-28-49-44(30-36)43-29-34(21-27-48(43)54-49)38-15-10-16-42-41-14-7-9-18-47(41)52-50(38)42/h3-31,52H,1-2H3. The van der Waals surface area contributed by atoms with Gasteiger partial charge in [-0.15, -0.1) is 0 Å². The number of hydrogen-bond acceptors (Lipinski definition) is 2. The lowest BCUT2D eigenvalue weighted by Crippen LogP contribution is -2.16. The van der Waals surface area contributed by atoms with Crippen molar-refractivity contribution in [3.05, 3.63) is 187 Å². The van der Waals surface area contributed by atoms with E-state index in [1.807, 2.05) is 0 Å². The van der Waals surface area contributed by atoms with E-state index in [4.69, 9.17) is 4.42 Å². The Hall–Kier alpha value is -6.84. The van der Waals surface area contributed by atoms with Gasteiger partial charge in [0.15, 0.2) is 0 Å². The molecule has 1 aliphatic carbocycles. The fourth-order valence-corrected chi connectivity index (χ4v) is 8.90. The van der Waals surface area contributed by atoms with Gasteiger partial charge in [0.25, 0.3) is 0 Å². The molecule has 0 aliphatic heterocycles. The first-order valence-electron chi connectivity index (χ1n) is 18.7. The molecule has 2 heterocycles. The molecule has 3 nitrogen and oxygen atoms in total. The predicted molar refractivity (Wildman–Crippen MR) is 226 cm³/mol. The van der Waals surface area contributed by atoms with E-state index in [0.29, 0.717) is 0 Å². The zero-order chi connectivity index (χ0) is 36.0. The lowest BCUT2D eigenvalue weighted by Gasteiger charge is -2.28. The van der Waals surface area contributed by atoms with Crippen molar-refractivity contribution < 1.29 is 4.42 Å². The van der Waals surface area contributed by atoms with Gasteiger partial charge >= 0.3 is 0 Å². The number of furan rings is 1. The lowest BCUT2D eigenvalue weighted by atomic mass is 9.82. The highest BCUT2D eigenvalue weighted by Gasteiger charge is 2.35. The SMILES string of the molecule is CC1(C)c2ccccc2-c2ccc(N(c3ccc(-c4ccccc4)cc3)c3ccc4oc5ccc(-c6cccc7c6[nH]c6ccccc67)cc5c4c3)cc21. The summed E-state index contributed by atoms with van der Waals surface area (Å²) in [5.74, 6) is 0. The summed E-state index contributed by atoms with van der Waals surface area (Å²) in [7, 11) is 0. The number of benzene rings is 8. The average Bonchev–Trinajstić information content (AvgIpc) is 3.86. The molecule has 11 rings (SSSR count). The number of fused-ring (bicyclic) bond motifs is 9. The fraction of sp³-hybridized carbons (Fsp3) is 0.0588. The second-order valence-electron chi connectivity index (χ2n) is 15.0. The summed E-state index contributed by atoms with van der Waals surface area (Å²) in [5, 5.41) is 4.66. The number of nitrogens with one attached hydrogen (secondary N) is 1. The molecule has 0 atom stereocenters. The van der Waals surface area contributed by atoms with Gasteiger partial charge in [0, 0.05) is 55.1 Å². The zero-order valence-corrected chi connectivity index (χ0v) is 30.1. The Morgan fingerprint density at radius 2 is 1.04 bits per heavy atom. The molecule has 0 radical (unpaired) electrons. The molecule has 8 aromatic carbocycles. The Bertz CT molecular complexity index is 3070. The summed E-state index contributed by atoms with van der Waals surface area (Å²) in [4.78, 5) is 6.09. The van der Waals surface area contributed by atoms with E-state index in [1.165, 1.54) is 49.7 Å². The number of aromatic amines is 1. The molecule has 0 amide bonds. The summed E-state index contributed by atoms with van der Waals surface area (Å²) in [6.45, 7) is 4.69. The highest BCUT2D eigenvalue weighted by molar-refractivity contribution is 6.13. The topological polar surface area (TPSA) is 32.2 Å². The quantitative estimate of drug-likeness (QED) is 0.195. The van der Waals surface area contributed by atoms with Crippen LogP contribution >= 0.6 is 0 Å². The molecule has 0 saturated carbocycles. The summed E-state index contributed by atoms with van der Waals surface area (Å²) in [5.41, 5.74) is 17.3. The van der Waals surface area contributed by atoms with Crippen molar-refractivity contribution in [1.29, 1.82) is 0 Å². The van der Waals surface area contributed by atoms with Crippen LogP contribution in [0.25, 0.3) is 77.1 Å². The summed E-state index contributed by atoms with van der Waals surface area (Å²) < 4.78 is 6.49. The van der Waals surface area contributed by atoms with E-state index >= 15 is 0 Å². The fourth-order valence-electron chi connectivity index (χ4n) is 8.90. The number of hydrogen-bond donors (Lipinski definition) is 1. The van der Waals surface area contributed by atoms with Crippen LogP contribution in [0.3, 0.4) is 0 Å². The maximum Gasteiger partial charge on any atom is 0.135 e. The van der Waals surface area contributed by atoms with E-state index in [9.17, 15) is 0 Å². The Morgan fingerprint density at radius 3 is 1.91 bits per heavy atom. The molecule has 0 spiro atoms. The third kappa shape index (κ3) is 4.61. The van der Waals surface area contributed by atoms with Crippen LogP contribution in [0.15, 0.2) is 180 Å². The Morgan fingerprint density at radius 1 is 0.426 bits per heavy atom. The second kappa shape index (κ2) is 11.6. The molecule has 0 unspecified atom stereocenters. The van der Waals surface area contributed by atoms with Crippen LogP contribution in [-0.2, 0) is 5.41 Å².